The molecule has 2 aromatic heterocycles. The molecule has 4 aromatic carbocycles. The van der Waals surface area contributed by atoms with Crippen LogP contribution in [-0.2, 0) is 21.1 Å². The van der Waals surface area contributed by atoms with Gasteiger partial charge in [-0.15, -0.1) is 35.5 Å². The maximum absolute atomic E-state index is 6.12. The van der Waals surface area contributed by atoms with Crippen molar-refractivity contribution in [2.24, 2.45) is 0 Å². The van der Waals surface area contributed by atoms with Gasteiger partial charge in [0.05, 0.1) is 6.20 Å². The summed E-state index contributed by atoms with van der Waals surface area (Å²) in [4.78, 5) is 0. The van der Waals surface area contributed by atoms with E-state index < -0.39 is 0 Å². The van der Waals surface area contributed by atoms with Crippen LogP contribution in [0.2, 0.25) is 0 Å². The molecule has 38 heavy (non-hydrogen) atoms. The van der Waals surface area contributed by atoms with E-state index in [1.165, 1.54) is 11.1 Å². The van der Waals surface area contributed by atoms with Gasteiger partial charge in [-0.1, -0.05) is 74.6 Å². The number of ether oxygens (including phenoxy) is 1. The molecule has 0 aliphatic heterocycles. The summed E-state index contributed by atoms with van der Waals surface area (Å²) >= 11 is 0. The van der Waals surface area contributed by atoms with E-state index in [-0.39, 0.29) is 21.1 Å². The Hall–Kier alpha value is -4.14. The van der Waals surface area contributed by atoms with Gasteiger partial charge in [0.25, 0.3) is 0 Å². The minimum absolute atomic E-state index is 0. The van der Waals surface area contributed by atoms with Gasteiger partial charge in [-0.3, -0.25) is 4.68 Å². The summed E-state index contributed by atoms with van der Waals surface area (Å²) in [6.45, 7) is 4.09. The molecule has 0 unspecified atom stereocenters. The third kappa shape index (κ3) is 5.41. The maximum atomic E-state index is 6.12. The zero-order valence-corrected chi connectivity index (χ0v) is 23.2. The van der Waals surface area contributed by atoms with Crippen LogP contribution >= 0.6 is 0 Å². The molecule has 0 amide bonds. The Morgan fingerprint density at radius 1 is 0.658 bits per heavy atom. The van der Waals surface area contributed by atoms with Gasteiger partial charge in [0.1, 0.15) is 0 Å². The smallest absolute Gasteiger partial charge is 0.0571 e. The zero-order chi connectivity index (χ0) is 25.2. The summed E-state index contributed by atoms with van der Waals surface area (Å²) in [6, 6.07) is 39.3. The van der Waals surface area contributed by atoms with Crippen molar-refractivity contribution in [1.29, 1.82) is 0 Å². The Morgan fingerprint density at radius 3 is 1.92 bits per heavy atom. The predicted octanol–water partition coefficient (Wildman–Crippen LogP) is 7.80. The standard InChI is InChI=1S/C33H24N3O.Pt/c1-24-18-25(2)35(22-24)30-10-6-12-32(19-30)37-33-13-7-11-31(20-33)36-23-29(21-34-36)28-16-14-27(15-17-28)26-8-4-3-5-9-26;/h3-18,21,23H,1-2H3;/q-3;. The Bertz CT molecular complexity index is 1670. The minimum Gasteiger partial charge on any atom is -0.510 e. The molecule has 6 aromatic rings. The van der Waals surface area contributed by atoms with Crippen LogP contribution in [0.15, 0.2) is 109 Å². The second kappa shape index (κ2) is 11.1. The molecule has 0 N–H and O–H groups in total. The normalized spacial score (nSPS) is 10.7. The summed E-state index contributed by atoms with van der Waals surface area (Å²) in [5, 5.41) is 4.57. The summed E-state index contributed by atoms with van der Waals surface area (Å²) in [5.74, 6) is 1.21. The van der Waals surface area contributed by atoms with Gasteiger partial charge < -0.3 is 9.30 Å². The first-order valence-electron chi connectivity index (χ1n) is 12.1. The molecular weight excluding hydrogens is 649 g/mol. The Balaban J connectivity index is 0.00000294. The van der Waals surface area contributed by atoms with E-state index in [1.807, 2.05) is 71.0 Å². The first-order valence-corrected chi connectivity index (χ1v) is 12.1. The van der Waals surface area contributed by atoms with Crippen molar-refractivity contribution in [1.82, 2.24) is 14.3 Å². The first kappa shape index (κ1) is 25.5. The van der Waals surface area contributed by atoms with Crippen LogP contribution in [0.25, 0.3) is 33.6 Å². The predicted molar refractivity (Wildman–Crippen MR) is 146 cm³/mol. The molecule has 0 saturated heterocycles. The van der Waals surface area contributed by atoms with E-state index >= 15 is 0 Å². The molecule has 0 saturated carbocycles. The molecule has 0 aliphatic carbocycles. The van der Waals surface area contributed by atoms with Gasteiger partial charge in [0.2, 0.25) is 0 Å². The van der Waals surface area contributed by atoms with Crippen molar-refractivity contribution in [3.05, 3.63) is 139 Å². The molecule has 0 radical (unpaired) electrons. The second-order valence-electron chi connectivity index (χ2n) is 8.94. The van der Waals surface area contributed by atoms with Crippen LogP contribution in [0.3, 0.4) is 0 Å². The van der Waals surface area contributed by atoms with Crippen molar-refractivity contribution in [2.75, 3.05) is 0 Å². The number of aryl methyl sites for hydroxylation is 2. The summed E-state index contributed by atoms with van der Waals surface area (Å²) in [7, 11) is 0. The number of hydrogen-bond donors (Lipinski definition) is 0. The maximum Gasteiger partial charge on any atom is 0.0571 e. The van der Waals surface area contributed by atoms with Crippen molar-refractivity contribution in [3.63, 3.8) is 0 Å². The molecule has 4 nitrogen and oxygen atoms in total. The second-order valence-corrected chi connectivity index (χ2v) is 8.94. The SMILES string of the molecule is Cc1[c-]n(-c2[c-]c(Oc3[c-]c(-n4cc(-c5ccc(-c6ccccc6)cc5)cn4)ccc3)ccc2)c(C)c1.[Pt]. The first-order chi connectivity index (χ1) is 18.1. The van der Waals surface area contributed by atoms with E-state index in [4.69, 9.17) is 4.74 Å². The molecule has 2 heterocycles. The largest absolute Gasteiger partial charge is 0.510 e. The number of rotatable bonds is 6. The number of hydrogen-bond acceptors (Lipinski definition) is 2. The van der Waals surface area contributed by atoms with E-state index in [9.17, 15) is 0 Å². The van der Waals surface area contributed by atoms with E-state index in [1.54, 1.807) is 0 Å². The molecule has 0 atom stereocenters. The Kier molecular flexibility index (Phi) is 7.44. The molecule has 0 fully saturated rings. The van der Waals surface area contributed by atoms with Gasteiger partial charge in [-0.2, -0.15) is 41.1 Å². The summed E-state index contributed by atoms with van der Waals surface area (Å²) in [6.07, 6.45) is 7.20. The minimum atomic E-state index is 0. The average Bonchev–Trinajstić information content (AvgIpc) is 3.56. The summed E-state index contributed by atoms with van der Waals surface area (Å²) < 4.78 is 9.92. The van der Waals surface area contributed by atoms with E-state index in [2.05, 4.69) is 84.9 Å². The molecule has 6 rings (SSSR count). The van der Waals surface area contributed by atoms with E-state index in [0.717, 1.165) is 33.8 Å². The van der Waals surface area contributed by atoms with E-state index in [0.29, 0.717) is 11.5 Å². The molecule has 0 spiro atoms. The van der Waals surface area contributed by atoms with Crippen molar-refractivity contribution in [2.45, 2.75) is 13.8 Å². The van der Waals surface area contributed by atoms with Gasteiger partial charge >= 0.3 is 0 Å². The molecule has 0 aliphatic rings. The fraction of sp³-hybridized carbons (Fsp3) is 0.0606. The Labute approximate surface area is 237 Å². The number of aromatic nitrogens is 3. The fourth-order valence-corrected chi connectivity index (χ4v) is 4.39. The van der Waals surface area contributed by atoms with Crippen LogP contribution < -0.4 is 4.74 Å². The monoisotopic (exact) mass is 673 g/mol. The van der Waals surface area contributed by atoms with Crippen LogP contribution in [0, 0.1) is 32.2 Å². The number of benzene rings is 4. The third-order valence-corrected chi connectivity index (χ3v) is 6.19. The molecule has 0 bridgehead atoms. The van der Waals surface area contributed by atoms with Gasteiger partial charge in [-0.25, -0.2) is 0 Å². The Morgan fingerprint density at radius 2 is 1.26 bits per heavy atom. The average molecular weight is 674 g/mol. The quantitative estimate of drug-likeness (QED) is 0.169. The molecule has 190 valence electrons. The summed E-state index contributed by atoms with van der Waals surface area (Å²) in [5.41, 5.74) is 8.41. The third-order valence-electron chi connectivity index (χ3n) is 6.19. The van der Waals surface area contributed by atoms with Crippen molar-refractivity contribution >= 4 is 0 Å². The molecule has 5 heteroatoms. The van der Waals surface area contributed by atoms with Gasteiger partial charge in [-0.05, 0) is 22.4 Å². The van der Waals surface area contributed by atoms with Crippen molar-refractivity contribution in [3.8, 4) is 45.1 Å². The van der Waals surface area contributed by atoms with Gasteiger partial charge in [0, 0.05) is 44.3 Å². The van der Waals surface area contributed by atoms with Crippen LogP contribution in [0.5, 0.6) is 11.5 Å². The van der Waals surface area contributed by atoms with Crippen LogP contribution in [0.1, 0.15) is 11.3 Å². The topological polar surface area (TPSA) is 32.0 Å². The zero-order valence-electron chi connectivity index (χ0n) is 21.0. The number of nitrogens with zero attached hydrogens (tertiary/aromatic N) is 3. The van der Waals surface area contributed by atoms with Gasteiger partial charge in [0.15, 0.2) is 0 Å². The molecular formula is C33H24N3OPt-3. The van der Waals surface area contributed by atoms with Crippen LogP contribution in [0.4, 0.5) is 0 Å². The van der Waals surface area contributed by atoms with Crippen molar-refractivity contribution < 1.29 is 25.8 Å². The fourth-order valence-electron chi connectivity index (χ4n) is 4.39. The van der Waals surface area contributed by atoms with Crippen LogP contribution in [-0.4, -0.2) is 14.3 Å².